The van der Waals surface area contributed by atoms with Crippen molar-refractivity contribution in [2.75, 3.05) is 13.2 Å². The summed E-state index contributed by atoms with van der Waals surface area (Å²) in [6.07, 6.45) is 3.10. The normalized spacial score (nSPS) is 10.3. The standard InChI is InChI=1S/C21H29N3O3.2ClH/c1-4-21(5-2,15-22)20(25)24-14-16-11-12-23-19(13-16)27-18-9-7-17(8-10-18)26-6-3;;/h7-13H,4-6,14-15,22H2,1-3H3,(H,24,25);2*1H. The van der Waals surface area contributed by atoms with Crippen LogP contribution in [-0.2, 0) is 11.3 Å². The molecule has 0 spiro atoms. The molecule has 0 radical (unpaired) electrons. The summed E-state index contributed by atoms with van der Waals surface area (Å²) in [5.74, 6) is 1.93. The van der Waals surface area contributed by atoms with Crippen LogP contribution in [0.3, 0.4) is 0 Å². The molecule has 0 atom stereocenters. The number of benzene rings is 1. The third-order valence-electron chi connectivity index (χ3n) is 4.84. The summed E-state index contributed by atoms with van der Waals surface area (Å²) in [5.41, 5.74) is 6.25. The van der Waals surface area contributed by atoms with Crippen LogP contribution in [0.4, 0.5) is 0 Å². The van der Waals surface area contributed by atoms with Crippen LogP contribution in [0.5, 0.6) is 17.4 Å². The van der Waals surface area contributed by atoms with E-state index in [-0.39, 0.29) is 30.7 Å². The Kier molecular flexibility index (Phi) is 12.3. The van der Waals surface area contributed by atoms with Gasteiger partial charge in [-0.05, 0) is 55.7 Å². The van der Waals surface area contributed by atoms with E-state index in [1.807, 2.05) is 57.2 Å². The molecule has 0 unspecified atom stereocenters. The lowest BCUT2D eigenvalue weighted by molar-refractivity contribution is -0.131. The minimum absolute atomic E-state index is 0. The average Bonchev–Trinajstić information content (AvgIpc) is 2.70. The number of carbonyl (C=O) groups excluding carboxylic acids is 1. The molecule has 8 heteroatoms. The van der Waals surface area contributed by atoms with Crippen LogP contribution < -0.4 is 20.5 Å². The Bertz CT molecular complexity index is 730. The molecular weight excluding hydrogens is 413 g/mol. The third-order valence-corrected chi connectivity index (χ3v) is 4.84. The number of rotatable bonds is 10. The van der Waals surface area contributed by atoms with Crippen molar-refractivity contribution < 1.29 is 14.3 Å². The van der Waals surface area contributed by atoms with Gasteiger partial charge in [0.25, 0.3) is 0 Å². The quantitative estimate of drug-likeness (QED) is 0.564. The number of aromatic nitrogens is 1. The Labute approximate surface area is 185 Å². The summed E-state index contributed by atoms with van der Waals surface area (Å²) in [6.45, 7) is 7.29. The van der Waals surface area contributed by atoms with Crippen molar-refractivity contribution >= 4 is 30.7 Å². The number of halogens is 2. The molecule has 0 fully saturated rings. The van der Waals surface area contributed by atoms with E-state index < -0.39 is 5.41 Å². The second-order valence-electron chi connectivity index (χ2n) is 6.38. The van der Waals surface area contributed by atoms with Crippen molar-refractivity contribution in [2.24, 2.45) is 11.1 Å². The summed E-state index contributed by atoms with van der Waals surface area (Å²) in [5, 5.41) is 2.99. The van der Waals surface area contributed by atoms with Gasteiger partial charge < -0.3 is 20.5 Å². The molecule has 0 saturated heterocycles. The highest BCUT2D eigenvalue weighted by atomic mass is 35.5. The third kappa shape index (κ3) is 7.38. The van der Waals surface area contributed by atoms with Gasteiger partial charge in [0.2, 0.25) is 11.8 Å². The molecule has 1 aromatic heterocycles. The highest BCUT2D eigenvalue weighted by Gasteiger charge is 2.32. The maximum atomic E-state index is 12.5. The van der Waals surface area contributed by atoms with Crippen molar-refractivity contribution in [3.8, 4) is 17.4 Å². The number of ether oxygens (including phenoxy) is 2. The van der Waals surface area contributed by atoms with Crippen molar-refractivity contribution in [1.82, 2.24) is 10.3 Å². The van der Waals surface area contributed by atoms with Crippen LogP contribution in [0.15, 0.2) is 42.6 Å². The zero-order chi connectivity index (χ0) is 19.7. The predicted octanol–water partition coefficient (Wildman–Crippen LogP) is 4.50. The molecule has 2 rings (SSSR count). The molecule has 1 heterocycles. The lowest BCUT2D eigenvalue weighted by Gasteiger charge is -2.28. The Hall–Kier alpha value is -2.02. The second kappa shape index (κ2) is 13.2. The number of hydrogen-bond donors (Lipinski definition) is 2. The maximum absolute atomic E-state index is 12.5. The predicted molar refractivity (Wildman–Crippen MR) is 120 cm³/mol. The molecule has 1 amide bonds. The van der Waals surface area contributed by atoms with Gasteiger partial charge in [0.1, 0.15) is 11.5 Å². The first kappa shape index (κ1) is 27.0. The number of carbonyl (C=O) groups is 1. The molecule has 0 saturated carbocycles. The first-order chi connectivity index (χ1) is 13.1. The Morgan fingerprint density at radius 3 is 2.24 bits per heavy atom. The van der Waals surface area contributed by atoms with Gasteiger partial charge in [-0.2, -0.15) is 0 Å². The van der Waals surface area contributed by atoms with E-state index in [1.54, 1.807) is 6.20 Å². The van der Waals surface area contributed by atoms with Crippen molar-refractivity contribution in [3.63, 3.8) is 0 Å². The molecule has 6 nitrogen and oxygen atoms in total. The zero-order valence-corrected chi connectivity index (χ0v) is 18.8. The molecule has 1 aromatic carbocycles. The fraction of sp³-hybridized carbons (Fsp3) is 0.429. The second-order valence-corrected chi connectivity index (χ2v) is 6.38. The van der Waals surface area contributed by atoms with E-state index in [2.05, 4.69) is 10.3 Å². The number of nitrogens with two attached hydrogens (primary N) is 1. The van der Waals surface area contributed by atoms with E-state index in [1.165, 1.54) is 0 Å². The van der Waals surface area contributed by atoms with E-state index in [9.17, 15) is 4.79 Å². The average molecular weight is 444 g/mol. The Morgan fingerprint density at radius 2 is 1.69 bits per heavy atom. The van der Waals surface area contributed by atoms with Gasteiger partial charge >= 0.3 is 0 Å². The highest BCUT2D eigenvalue weighted by molar-refractivity contribution is 5.85. The first-order valence-corrected chi connectivity index (χ1v) is 9.41. The largest absolute Gasteiger partial charge is 0.494 e. The summed E-state index contributed by atoms with van der Waals surface area (Å²) in [7, 11) is 0. The van der Waals surface area contributed by atoms with E-state index >= 15 is 0 Å². The van der Waals surface area contributed by atoms with Gasteiger partial charge in [-0.1, -0.05) is 13.8 Å². The first-order valence-electron chi connectivity index (χ1n) is 9.41. The van der Waals surface area contributed by atoms with Gasteiger partial charge in [-0.25, -0.2) is 4.98 Å². The maximum Gasteiger partial charge on any atom is 0.227 e. The van der Waals surface area contributed by atoms with Gasteiger partial charge in [0.05, 0.1) is 12.0 Å². The van der Waals surface area contributed by atoms with E-state index in [4.69, 9.17) is 15.2 Å². The Balaban J connectivity index is 0.00000392. The number of hydrogen-bond acceptors (Lipinski definition) is 5. The molecule has 0 aliphatic rings. The Morgan fingerprint density at radius 1 is 1.07 bits per heavy atom. The topological polar surface area (TPSA) is 86.5 Å². The van der Waals surface area contributed by atoms with E-state index in [0.29, 0.717) is 44.2 Å². The monoisotopic (exact) mass is 443 g/mol. The molecule has 2 aromatic rings. The van der Waals surface area contributed by atoms with Gasteiger partial charge in [0.15, 0.2) is 0 Å². The number of pyridine rings is 1. The highest BCUT2D eigenvalue weighted by Crippen LogP contribution is 2.26. The summed E-state index contributed by atoms with van der Waals surface area (Å²) in [6, 6.07) is 11.0. The van der Waals surface area contributed by atoms with Crippen LogP contribution in [0.1, 0.15) is 39.2 Å². The van der Waals surface area contributed by atoms with Crippen LogP contribution in [0, 0.1) is 5.41 Å². The summed E-state index contributed by atoms with van der Waals surface area (Å²) in [4.78, 5) is 16.8. The van der Waals surface area contributed by atoms with E-state index in [0.717, 1.165) is 11.3 Å². The van der Waals surface area contributed by atoms with Crippen molar-refractivity contribution in [1.29, 1.82) is 0 Å². The molecule has 3 N–H and O–H groups in total. The van der Waals surface area contributed by atoms with Crippen LogP contribution in [-0.4, -0.2) is 24.0 Å². The number of nitrogens with one attached hydrogen (secondary N) is 1. The van der Waals surface area contributed by atoms with Crippen LogP contribution in [0.25, 0.3) is 0 Å². The zero-order valence-electron chi connectivity index (χ0n) is 17.1. The molecular formula is C21H31Cl2N3O3. The molecule has 0 bridgehead atoms. The van der Waals surface area contributed by atoms with Crippen molar-refractivity contribution in [2.45, 2.75) is 40.2 Å². The lowest BCUT2D eigenvalue weighted by atomic mass is 9.81. The van der Waals surface area contributed by atoms with Crippen LogP contribution >= 0.6 is 24.8 Å². The van der Waals surface area contributed by atoms with Gasteiger partial charge in [-0.15, -0.1) is 24.8 Å². The summed E-state index contributed by atoms with van der Waals surface area (Å²) < 4.78 is 11.2. The minimum atomic E-state index is -0.505. The lowest BCUT2D eigenvalue weighted by Crippen LogP contribution is -2.45. The van der Waals surface area contributed by atoms with Gasteiger partial charge in [0, 0.05) is 25.4 Å². The smallest absolute Gasteiger partial charge is 0.227 e. The van der Waals surface area contributed by atoms with Crippen LogP contribution in [0.2, 0.25) is 0 Å². The SMILES string of the molecule is CCOc1ccc(Oc2cc(CNC(=O)C(CC)(CC)CN)ccn2)cc1.Cl.Cl. The molecule has 0 aliphatic heterocycles. The minimum Gasteiger partial charge on any atom is -0.494 e. The molecule has 0 aliphatic carbocycles. The van der Waals surface area contributed by atoms with Gasteiger partial charge in [-0.3, -0.25) is 4.79 Å². The number of nitrogens with zero attached hydrogens (tertiary/aromatic N) is 1. The van der Waals surface area contributed by atoms with Crippen molar-refractivity contribution in [3.05, 3.63) is 48.2 Å². The molecule has 29 heavy (non-hydrogen) atoms. The fourth-order valence-electron chi connectivity index (χ4n) is 2.83. The number of amides is 1. The fourth-order valence-corrected chi connectivity index (χ4v) is 2.83. The molecule has 162 valence electrons. The summed E-state index contributed by atoms with van der Waals surface area (Å²) >= 11 is 0.